The van der Waals surface area contributed by atoms with Gasteiger partial charge in [0.2, 0.25) is 0 Å². The average Bonchev–Trinajstić information content (AvgIpc) is 2.57. The lowest BCUT2D eigenvalue weighted by molar-refractivity contribution is -0.384. The predicted molar refractivity (Wildman–Crippen MR) is 109 cm³/mol. The van der Waals surface area contributed by atoms with Gasteiger partial charge in [-0.15, -0.1) is 0 Å². The number of hydrogen-bond acceptors (Lipinski definition) is 5. The van der Waals surface area contributed by atoms with Crippen molar-refractivity contribution in [3.8, 4) is 5.75 Å². The number of hydrogen-bond donors (Lipinski definition) is 3. The molecule has 0 bridgehead atoms. The number of amides is 1. The monoisotopic (exact) mass is 407 g/mol. The van der Waals surface area contributed by atoms with Gasteiger partial charge in [-0.1, -0.05) is 38.4 Å². The Labute approximate surface area is 166 Å². The van der Waals surface area contributed by atoms with Gasteiger partial charge in [-0.2, -0.15) is 0 Å². The number of rotatable bonds is 3. The second kappa shape index (κ2) is 7.89. The fraction of sp³-hybridized carbons (Fsp3) is 0.222. The molecular weight excluding hydrogens is 390 g/mol. The van der Waals surface area contributed by atoms with Gasteiger partial charge in [0.05, 0.1) is 15.6 Å². The number of non-ortho nitro benzene ring substituents is 1. The van der Waals surface area contributed by atoms with E-state index in [1.807, 2.05) is 20.8 Å². The highest BCUT2D eigenvalue weighted by Gasteiger charge is 2.19. The topological polar surface area (TPSA) is 104 Å². The molecule has 0 unspecified atom stereocenters. The molecular formula is C18H18ClN3O4S. The third-order valence-corrected chi connectivity index (χ3v) is 4.22. The maximum Gasteiger partial charge on any atom is 0.270 e. The maximum absolute atomic E-state index is 12.2. The number of nitrogens with one attached hydrogen (secondary N) is 2. The standard InChI is InChI=1S/C18H18ClN3O4S/c1-18(2,3)11-8-13(19)15(23)14(9-11)20-17(27)21-16(24)10-5-4-6-12(7-10)22(25)26/h4-9,23H,1-3H3,(H2,20,21,24,27). The summed E-state index contributed by atoms with van der Waals surface area (Å²) in [4.78, 5) is 22.5. The van der Waals surface area contributed by atoms with Crippen molar-refractivity contribution in [3.05, 3.63) is 62.7 Å². The fourth-order valence-corrected chi connectivity index (χ4v) is 2.64. The van der Waals surface area contributed by atoms with Crippen LogP contribution in [0, 0.1) is 10.1 Å². The van der Waals surface area contributed by atoms with Gasteiger partial charge in [-0.05, 0) is 41.4 Å². The molecule has 0 heterocycles. The normalized spacial score (nSPS) is 11.0. The molecule has 0 aliphatic rings. The quantitative estimate of drug-likeness (QED) is 0.302. The van der Waals surface area contributed by atoms with Crippen LogP contribution in [0.1, 0.15) is 36.7 Å². The summed E-state index contributed by atoms with van der Waals surface area (Å²) in [6, 6.07) is 8.61. The van der Waals surface area contributed by atoms with Gasteiger partial charge < -0.3 is 10.4 Å². The van der Waals surface area contributed by atoms with E-state index in [9.17, 15) is 20.0 Å². The Hall–Kier alpha value is -2.71. The van der Waals surface area contributed by atoms with Crippen LogP contribution in [-0.2, 0) is 5.41 Å². The number of halogens is 1. The summed E-state index contributed by atoms with van der Waals surface area (Å²) in [5.74, 6) is -0.814. The van der Waals surface area contributed by atoms with Crippen molar-refractivity contribution in [2.75, 3.05) is 5.32 Å². The molecule has 0 aliphatic carbocycles. The number of anilines is 1. The van der Waals surface area contributed by atoms with Crippen molar-refractivity contribution in [1.29, 1.82) is 0 Å². The van der Waals surface area contributed by atoms with Crippen LogP contribution in [0.2, 0.25) is 5.02 Å². The van der Waals surface area contributed by atoms with Crippen molar-refractivity contribution < 1.29 is 14.8 Å². The second-order valence-electron chi connectivity index (χ2n) is 6.82. The lowest BCUT2D eigenvalue weighted by atomic mass is 9.87. The number of nitrogens with zero attached hydrogens (tertiary/aromatic N) is 1. The highest BCUT2D eigenvalue weighted by atomic mass is 35.5. The minimum Gasteiger partial charge on any atom is -0.504 e. The van der Waals surface area contributed by atoms with E-state index in [0.29, 0.717) is 0 Å². The summed E-state index contributed by atoms with van der Waals surface area (Å²) in [5.41, 5.74) is 0.766. The molecule has 0 fully saturated rings. The molecule has 0 atom stereocenters. The van der Waals surface area contributed by atoms with E-state index < -0.39 is 10.8 Å². The summed E-state index contributed by atoms with van der Waals surface area (Å²) in [6.45, 7) is 5.96. The Balaban J connectivity index is 2.18. The molecule has 7 nitrogen and oxygen atoms in total. The van der Waals surface area contributed by atoms with Crippen LogP contribution in [0.25, 0.3) is 0 Å². The van der Waals surface area contributed by atoms with Crippen molar-refractivity contribution >= 4 is 46.2 Å². The molecule has 2 aromatic carbocycles. The number of nitro groups is 1. The van der Waals surface area contributed by atoms with Crippen molar-refractivity contribution in [2.45, 2.75) is 26.2 Å². The Bertz CT molecular complexity index is 925. The van der Waals surface area contributed by atoms with E-state index in [1.165, 1.54) is 18.2 Å². The summed E-state index contributed by atoms with van der Waals surface area (Å²) in [7, 11) is 0. The molecule has 0 saturated heterocycles. The molecule has 0 spiro atoms. The van der Waals surface area contributed by atoms with Crippen LogP contribution in [0.4, 0.5) is 11.4 Å². The van der Waals surface area contributed by atoms with Crippen LogP contribution in [0.15, 0.2) is 36.4 Å². The number of aromatic hydroxyl groups is 1. The number of nitro benzene ring substituents is 1. The first-order valence-electron chi connectivity index (χ1n) is 7.89. The van der Waals surface area contributed by atoms with Gasteiger partial charge in [0.15, 0.2) is 10.9 Å². The zero-order chi connectivity index (χ0) is 20.4. The summed E-state index contributed by atoms with van der Waals surface area (Å²) >= 11 is 11.2. The molecule has 0 saturated carbocycles. The first-order chi connectivity index (χ1) is 12.5. The van der Waals surface area contributed by atoms with Crippen LogP contribution in [0.5, 0.6) is 5.75 Å². The predicted octanol–water partition coefficient (Wildman–Crippen LogP) is 4.38. The molecule has 142 valence electrons. The van der Waals surface area contributed by atoms with Crippen molar-refractivity contribution in [3.63, 3.8) is 0 Å². The number of carbonyl (C=O) groups is 1. The summed E-state index contributed by atoms with van der Waals surface area (Å²) in [5, 5.41) is 26.2. The van der Waals surface area contributed by atoms with Crippen LogP contribution in [-0.4, -0.2) is 21.0 Å². The molecule has 27 heavy (non-hydrogen) atoms. The van der Waals surface area contributed by atoms with Gasteiger partial charge >= 0.3 is 0 Å². The Morgan fingerprint density at radius 1 is 1.26 bits per heavy atom. The molecule has 2 aromatic rings. The van der Waals surface area contributed by atoms with Gasteiger partial charge in [0, 0.05) is 17.7 Å². The minimum absolute atomic E-state index is 0.0797. The lowest BCUT2D eigenvalue weighted by Gasteiger charge is -2.21. The Kier molecular flexibility index (Phi) is 6.02. The molecule has 9 heteroatoms. The van der Waals surface area contributed by atoms with Crippen LogP contribution >= 0.6 is 23.8 Å². The van der Waals surface area contributed by atoms with Crippen molar-refractivity contribution in [2.24, 2.45) is 0 Å². The van der Waals surface area contributed by atoms with E-state index in [-0.39, 0.29) is 38.2 Å². The number of phenolic OH excluding ortho intramolecular Hbond substituents is 1. The summed E-state index contributed by atoms with van der Waals surface area (Å²) < 4.78 is 0. The molecule has 0 aromatic heterocycles. The van der Waals surface area contributed by atoms with E-state index in [0.717, 1.165) is 11.6 Å². The SMILES string of the molecule is CC(C)(C)c1cc(Cl)c(O)c(NC(=S)NC(=O)c2cccc([N+](=O)[O-])c2)c1. The molecule has 0 radical (unpaired) electrons. The number of benzene rings is 2. The molecule has 1 amide bonds. The zero-order valence-electron chi connectivity index (χ0n) is 14.9. The molecule has 2 rings (SSSR count). The molecule has 0 aliphatic heterocycles. The highest BCUT2D eigenvalue weighted by Crippen LogP contribution is 2.37. The highest BCUT2D eigenvalue weighted by molar-refractivity contribution is 7.80. The van der Waals surface area contributed by atoms with E-state index in [1.54, 1.807) is 12.1 Å². The Morgan fingerprint density at radius 2 is 1.93 bits per heavy atom. The number of thiocarbonyl (C=S) groups is 1. The fourth-order valence-electron chi connectivity index (χ4n) is 2.22. The minimum atomic E-state index is -0.617. The number of carbonyl (C=O) groups excluding carboxylic acids is 1. The van der Waals surface area contributed by atoms with Crippen LogP contribution in [0.3, 0.4) is 0 Å². The average molecular weight is 408 g/mol. The van der Waals surface area contributed by atoms with E-state index in [2.05, 4.69) is 10.6 Å². The lowest BCUT2D eigenvalue weighted by Crippen LogP contribution is -2.34. The van der Waals surface area contributed by atoms with Gasteiger partial charge in [-0.3, -0.25) is 20.2 Å². The number of phenols is 1. The van der Waals surface area contributed by atoms with E-state index >= 15 is 0 Å². The first-order valence-corrected chi connectivity index (χ1v) is 8.67. The second-order valence-corrected chi connectivity index (χ2v) is 7.64. The molecule has 3 N–H and O–H groups in total. The van der Waals surface area contributed by atoms with Gasteiger partial charge in [0.1, 0.15) is 0 Å². The zero-order valence-corrected chi connectivity index (χ0v) is 16.4. The maximum atomic E-state index is 12.2. The van der Waals surface area contributed by atoms with E-state index in [4.69, 9.17) is 23.8 Å². The van der Waals surface area contributed by atoms with Gasteiger partial charge in [-0.25, -0.2) is 0 Å². The van der Waals surface area contributed by atoms with Gasteiger partial charge in [0.25, 0.3) is 11.6 Å². The smallest absolute Gasteiger partial charge is 0.270 e. The van der Waals surface area contributed by atoms with Crippen LogP contribution < -0.4 is 10.6 Å². The van der Waals surface area contributed by atoms with Crippen molar-refractivity contribution in [1.82, 2.24) is 5.32 Å². The first kappa shape index (κ1) is 20.6. The third-order valence-electron chi connectivity index (χ3n) is 3.72. The summed E-state index contributed by atoms with van der Waals surface area (Å²) in [6.07, 6.45) is 0. The largest absolute Gasteiger partial charge is 0.504 e. The third kappa shape index (κ3) is 5.15. The Morgan fingerprint density at radius 3 is 2.52 bits per heavy atom.